The maximum Gasteiger partial charge on any atom is 0.259 e. The summed E-state index contributed by atoms with van der Waals surface area (Å²) in [7, 11) is 1.61. The van der Waals surface area contributed by atoms with Gasteiger partial charge in [0.2, 0.25) is 11.7 Å². The molecule has 0 spiro atoms. The lowest BCUT2D eigenvalue weighted by atomic mass is 9.96. The number of amides is 1. The Labute approximate surface area is 223 Å². The van der Waals surface area contributed by atoms with Gasteiger partial charge in [-0.25, -0.2) is 0 Å². The fourth-order valence-electron chi connectivity index (χ4n) is 4.24. The molecular weight excluding hydrogens is 480 g/mol. The number of likely N-dealkylation sites (N-methyl/N-ethyl adjacent to an activating group) is 1. The summed E-state index contributed by atoms with van der Waals surface area (Å²) in [6, 6.07) is 19.0. The van der Waals surface area contributed by atoms with Gasteiger partial charge in [0.05, 0.1) is 12.7 Å². The Kier molecular flexibility index (Phi) is 8.76. The lowest BCUT2D eigenvalue weighted by molar-refractivity contribution is 0.102. The fourth-order valence-corrected chi connectivity index (χ4v) is 4.24. The van der Waals surface area contributed by atoms with Crippen LogP contribution in [-0.4, -0.2) is 54.3 Å². The van der Waals surface area contributed by atoms with E-state index in [-0.39, 0.29) is 5.91 Å². The molecule has 0 unspecified atom stereocenters. The summed E-state index contributed by atoms with van der Waals surface area (Å²) < 4.78 is 16.5. The molecule has 8 heteroatoms. The summed E-state index contributed by atoms with van der Waals surface area (Å²) in [5, 5.41) is 6.98. The van der Waals surface area contributed by atoms with E-state index in [0.717, 1.165) is 47.6 Å². The van der Waals surface area contributed by atoms with E-state index < -0.39 is 0 Å². The van der Waals surface area contributed by atoms with Crippen molar-refractivity contribution in [2.24, 2.45) is 0 Å². The minimum atomic E-state index is -0.237. The monoisotopic (exact) mass is 514 g/mol. The van der Waals surface area contributed by atoms with Crippen LogP contribution in [-0.2, 0) is 0 Å². The van der Waals surface area contributed by atoms with E-state index >= 15 is 0 Å². The number of hydrogen-bond acceptors (Lipinski definition) is 7. The van der Waals surface area contributed by atoms with Crippen molar-refractivity contribution in [1.29, 1.82) is 0 Å². The third kappa shape index (κ3) is 6.39. The van der Waals surface area contributed by atoms with Gasteiger partial charge in [-0.05, 0) is 79.2 Å². The number of ether oxygens (including phenoxy) is 2. The Balaban J connectivity index is 1.62. The highest BCUT2D eigenvalue weighted by Gasteiger charge is 2.17. The van der Waals surface area contributed by atoms with E-state index in [0.29, 0.717) is 35.3 Å². The minimum Gasteiger partial charge on any atom is -0.497 e. The van der Waals surface area contributed by atoms with E-state index in [2.05, 4.69) is 34.2 Å². The molecule has 1 aromatic heterocycles. The van der Waals surface area contributed by atoms with Crippen molar-refractivity contribution in [2.45, 2.75) is 27.7 Å². The van der Waals surface area contributed by atoms with Gasteiger partial charge in [0.15, 0.2) is 0 Å². The number of carbonyl (C=O) groups is 1. The second-order valence-electron chi connectivity index (χ2n) is 8.94. The Morgan fingerprint density at radius 1 is 0.974 bits per heavy atom. The van der Waals surface area contributed by atoms with Gasteiger partial charge in [0, 0.05) is 24.7 Å². The predicted octanol–water partition coefficient (Wildman–Crippen LogP) is 6.00. The van der Waals surface area contributed by atoms with Crippen LogP contribution in [0.5, 0.6) is 11.5 Å². The number of anilines is 1. The first-order chi connectivity index (χ1) is 18.4. The molecule has 198 valence electrons. The number of nitrogens with zero attached hydrogens (tertiary/aromatic N) is 3. The van der Waals surface area contributed by atoms with Crippen LogP contribution in [0.25, 0.3) is 22.5 Å². The summed E-state index contributed by atoms with van der Waals surface area (Å²) in [6.45, 7) is 11.2. The number of benzene rings is 3. The van der Waals surface area contributed by atoms with Gasteiger partial charge < -0.3 is 24.2 Å². The zero-order valence-corrected chi connectivity index (χ0v) is 22.6. The Bertz CT molecular complexity index is 1380. The summed E-state index contributed by atoms with van der Waals surface area (Å²) in [6.07, 6.45) is 0. The van der Waals surface area contributed by atoms with Crippen molar-refractivity contribution >= 4 is 11.6 Å². The van der Waals surface area contributed by atoms with E-state index in [1.807, 2.05) is 67.6 Å². The van der Waals surface area contributed by atoms with Crippen LogP contribution in [0.15, 0.2) is 65.2 Å². The molecule has 0 atom stereocenters. The average molecular weight is 515 g/mol. The molecule has 0 saturated heterocycles. The third-order valence-corrected chi connectivity index (χ3v) is 6.46. The smallest absolute Gasteiger partial charge is 0.259 e. The van der Waals surface area contributed by atoms with Crippen molar-refractivity contribution in [1.82, 2.24) is 15.0 Å². The number of aryl methyl sites for hydroxylation is 2. The minimum absolute atomic E-state index is 0.237. The summed E-state index contributed by atoms with van der Waals surface area (Å²) >= 11 is 0. The second kappa shape index (κ2) is 12.4. The molecule has 1 amide bonds. The number of hydrogen-bond donors (Lipinski definition) is 1. The van der Waals surface area contributed by atoms with Crippen molar-refractivity contribution < 1.29 is 18.8 Å². The van der Waals surface area contributed by atoms with Gasteiger partial charge in [-0.1, -0.05) is 37.2 Å². The maximum absolute atomic E-state index is 13.3. The number of rotatable bonds is 11. The molecule has 3 aromatic carbocycles. The Morgan fingerprint density at radius 2 is 1.71 bits per heavy atom. The first kappa shape index (κ1) is 26.9. The fraction of sp³-hybridized carbons (Fsp3) is 0.300. The number of nitrogens with one attached hydrogen (secondary N) is 1. The molecule has 0 bridgehead atoms. The summed E-state index contributed by atoms with van der Waals surface area (Å²) in [4.78, 5) is 19.9. The molecule has 0 aliphatic rings. The van der Waals surface area contributed by atoms with Crippen molar-refractivity contribution in [3.05, 3.63) is 77.7 Å². The van der Waals surface area contributed by atoms with Gasteiger partial charge in [-0.15, -0.1) is 0 Å². The molecule has 1 N–H and O–H groups in total. The topological polar surface area (TPSA) is 89.7 Å². The quantitative estimate of drug-likeness (QED) is 0.262. The lowest BCUT2D eigenvalue weighted by Gasteiger charge is -2.19. The van der Waals surface area contributed by atoms with Crippen molar-refractivity contribution in [3.63, 3.8) is 0 Å². The van der Waals surface area contributed by atoms with Gasteiger partial charge in [0.1, 0.15) is 18.1 Å². The third-order valence-electron chi connectivity index (χ3n) is 6.46. The molecule has 0 saturated carbocycles. The van der Waals surface area contributed by atoms with Crippen LogP contribution >= 0.6 is 0 Å². The highest BCUT2D eigenvalue weighted by molar-refractivity contribution is 6.06. The number of methoxy groups -OCH3 is 1. The van der Waals surface area contributed by atoms with Gasteiger partial charge in [-0.2, -0.15) is 4.98 Å². The van der Waals surface area contributed by atoms with Crippen LogP contribution in [0, 0.1) is 13.8 Å². The molecule has 0 aliphatic carbocycles. The van der Waals surface area contributed by atoms with Crippen LogP contribution in [0.1, 0.15) is 35.7 Å². The molecule has 8 nitrogen and oxygen atoms in total. The maximum atomic E-state index is 13.3. The molecule has 0 aliphatic heterocycles. The largest absolute Gasteiger partial charge is 0.497 e. The van der Waals surface area contributed by atoms with Crippen LogP contribution in [0.3, 0.4) is 0 Å². The number of carbonyl (C=O) groups excluding carboxylic acids is 1. The summed E-state index contributed by atoms with van der Waals surface area (Å²) in [5.41, 5.74) is 5.07. The van der Waals surface area contributed by atoms with Crippen LogP contribution in [0.4, 0.5) is 5.69 Å². The Morgan fingerprint density at radius 3 is 2.34 bits per heavy atom. The first-order valence-corrected chi connectivity index (χ1v) is 12.8. The molecule has 0 fully saturated rings. The van der Waals surface area contributed by atoms with Gasteiger partial charge in [-0.3, -0.25) is 4.79 Å². The summed E-state index contributed by atoms with van der Waals surface area (Å²) in [5.74, 6) is 2.11. The normalized spacial score (nSPS) is 11.0. The standard InChI is InChI=1S/C30H34N4O4/c1-6-34(7-2)16-17-37-28-19-22(26-14-9-23(18-20(26)3)29-31-21(4)38-33-29)8-15-27(28)30(35)32-24-10-12-25(36-5)13-11-24/h8-15,18-19H,6-7,16-17H2,1-5H3,(H,32,35). The molecule has 1 heterocycles. The van der Waals surface area contributed by atoms with Gasteiger partial charge in [0.25, 0.3) is 5.91 Å². The van der Waals surface area contributed by atoms with Crippen molar-refractivity contribution in [2.75, 3.05) is 38.7 Å². The van der Waals surface area contributed by atoms with Crippen molar-refractivity contribution in [3.8, 4) is 34.0 Å². The highest BCUT2D eigenvalue weighted by atomic mass is 16.5. The van der Waals surface area contributed by atoms with Crippen LogP contribution < -0.4 is 14.8 Å². The molecule has 0 radical (unpaired) electrons. The van der Waals surface area contributed by atoms with Crippen LogP contribution in [0.2, 0.25) is 0 Å². The lowest BCUT2D eigenvalue weighted by Crippen LogP contribution is -2.28. The van der Waals surface area contributed by atoms with E-state index in [1.165, 1.54) is 0 Å². The van der Waals surface area contributed by atoms with E-state index in [4.69, 9.17) is 14.0 Å². The molecular formula is C30H34N4O4. The van der Waals surface area contributed by atoms with E-state index in [9.17, 15) is 4.79 Å². The van der Waals surface area contributed by atoms with Gasteiger partial charge >= 0.3 is 0 Å². The Hall–Kier alpha value is -4.17. The zero-order valence-electron chi connectivity index (χ0n) is 22.6. The first-order valence-electron chi connectivity index (χ1n) is 12.8. The molecule has 4 rings (SSSR count). The van der Waals surface area contributed by atoms with E-state index in [1.54, 1.807) is 14.0 Å². The molecule has 38 heavy (non-hydrogen) atoms. The SMILES string of the molecule is CCN(CC)CCOc1cc(-c2ccc(-c3noc(C)n3)cc2C)ccc1C(=O)Nc1ccc(OC)cc1. The molecule has 4 aromatic rings. The highest BCUT2D eigenvalue weighted by Crippen LogP contribution is 2.32. The second-order valence-corrected chi connectivity index (χ2v) is 8.94. The number of aromatic nitrogens is 2. The zero-order chi connectivity index (χ0) is 27.1. The predicted molar refractivity (Wildman–Crippen MR) is 149 cm³/mol. The average Bonchev–Trinajstić information content (AvgIpc) is 3.37.